The van der Waals surface area contributed by atoms with Crippen molar-refractivity contribution < 1.29 is 14.3 Å². The minimum atomic E-state index is -0.281. The number of amides is 2. The number of rotatable bonds is 6. The fraction of sp³-hybridized carbons (Fsp3) is 0.346. The standard InChI is InChI=1S/C26H31N3O3/c1-18(2)13-14-27-26(30)29-17-20-8-5-6-9-21(20)28-15-7-10-22(28)25(29)19-11-12-23(31-3)24(16-19)32-4/h5-12,15-16,18,25H,13-14,17H2,1-4H3,(H,27,30)/t25-/m1/s1. The van der Waals surface area contributed by atoms with Gasteiger partial charge in [-0.2, -0.15) is 0 Å². The Morgan fingerprint density at radius 3 is 2.59 bits per heavy atom. The SMILES string of the molecule is COc1ccc([C@@H]2c3cccn3-c3ccccc3CN2C(=O)NCCC(C)C)cc1OC. The number of carbonyl (C=O) groups is 1. The summed E-state index contributed by atoms with van der Waals surface area (Å²) < 4.78 is 13.2. The third kappa shape index (κ3) is 4.17. The largest absolute Gasteiger partial charge is 0.493 e. The highest BCUT2D eigenvalue weighted by atomic mass is 16.5. The van der Waals surface area contributed by atoms with Crippen molar-refractivity contribution in [2.45, 2.75) is 32.9 Å². The van der Waals surface area contributed by atoms with Crippen molar-refractivity contribution in [3.8, 4) is 17.2 Å². The van der Waals surface area contributed by atoms with Crippen LogP contribution in [0.3, 0.4) is 0 Å². The second-order valence-corrected chi connectivity index (χ2v) is 8.49. The van der Waals surface area contributed by atoms with E-state index in [1.807, 2.05) is 41.3 Å². The zero-order valence-corrected chi connectivity index (χ0v) is 19.2. The molecule has 6 nitrogen and oxygen atoms in total. The number of carbonyl (C=O) groups excluding carboxylic acids is 1. The predicted molar refractivity (Wildman–Crippen MR) is 126 cm³/mol. The van der Waals surface area contributed by atoms with Crippen LogP contribution in [-0.4, -0.2) is 36.3 Å². The summed E-state index contributed by atoms with van der Waals surface area (Å²) in [5.74, 6) is 1.83. The van der Waals surface area contributed by atoms with Crippen molar-refractivity contribution >= 4 is 6.03 Å². The number of para-hydroxylation sites is 1. The number of fused-ring (bicyclic) bond motifs is 3. The maximum absolute atomic E-state index is 13.5. The van der Waals surface area contributed by atoms with Gasteiger partial charge in [-0.1, -0.05) is 38.1 Å². The van der Waals surface area contributed by atoms with Gasteiger partial charge in [-0.15, -0.1) is 0 Å². The Bertz CT molecular complexity index is 1090. The first-order chi connectivity index (χ1) is 15.5. The van der Waals surface area contributed by atoms with E-state index in [9.17, 15) is 4.79 Å². The molecule has 0 radical (unpaired) electrons. The molecule has 0 unspecified atom stereocenters. The van der Waals surface area contributed by atoms with Gasteiger partial charge in [-0.05, 0) is 53.8 Å². The smallest absolute Gasteiger partial charge is 0.318 e. The summed E-state index contributed by atoms with van der Waals surface area (Å²) in [5.41, 5.74) is 4.19. The number of nitrogens with zero attached hydrogens (tertiary/aromatic N) is 2. The van der Waals surface area contributed by atoms with Crippen molar-refractivity contribution in [2.75, 3.05) is 20.8 Å². The fourth-order valence-electron chi connectivity index (χ4n) is 4.28. The fourth-order valence-corrected chi connectivity index (χ4v) is 4.28. The second kappa shape index (κ2) is 9.39. The minimum Gasteiger partial charge on any atom is -0.493 e. The average molecular weight is 434 g/mol. The van der Waals surface area contributed by atoms with E-state index in [4.69, 9.17) is 9.47 Å². The highest BCUT2D eigenvalue weighted by Crippen LogP contribution is 2.39. The lowest BCUT2D eigenvalue weighted by molar-refractivity contribution is 0.180. The summed E-state index contributed by atoms with van der Waals surface area (Å²) in [5, 5.41) is 3.14. The number of urea groups is 1. The molecular weight excluding hydrogens is 402 g/mol. The topological polar surface area (TPSA) is 55.7 Å². The first-order valence-corrected chi connectivity index (χ1v) is 11.1. The van der Waals surface area contributed by atoms with Gasteiger partial charge in [0.2, 0.25) is 0 Å². The van der Waals surface area contributed by atoms with Gasteiger partial charge in [0.15, 0.2) is 11.5 Å². The Kier molecular flexibility index (Phi) is 6.40. The first kappa shape index (κ1) is 21.8. The number of hydrogen-bond acceptors (Lipinski definition) is 3. The molecule has 6 heteroatoms. The highest BCUT2D eigenvalue weighted by Gasteiger charge is 2.33. The van der Waals surface area contributed by atoms with E-state index in [1.165, 1.54) is 0 Å². The first-order valence-electron chi connectivity index (χ1n) is 11.1. The van der Waals surface area contributed by atoms with Crippen LogP contribution >= 0.6 is 0 Å². The van der Waals surface area contributed by atoms with Gasteiger partial charge in [-0.3, -0.25) is 0 Å². The van der Waals surface area contributed by atoms with Gasteiger partial charge < -0.3 is 24.3 Å². The Morgan fingerprint density at radius 2 is 1.84 bits per heavy atom. The van der Waals surface area contributed by atoms with Gasteiger partial charge >= 0.3 is 6.03 Å². The van der Waals surface area contributed by atoms with E-state index < -0.39 is 0 Å². The van der Waals surface area contributed by atoms with Crippen molar-refractivity contribution in [2.24, 2.45) is 5.92 Å². The molecule has 0 fully saturated rings. The van der Waals surface area contributed by atoms with E-state index >= 15 is 0 Å². The number of nitrogens with one attached hydrogen (secondary N) is 1. The lowest BCUT2D eigenvalue weighted by Crippen LogP contribution is -2.42. The van der Waals surface area contributed by atoms with Crippen LogP contribution in [-0.2, 0) is 6.54 Å². The second-order valence-electron chi connectivity index (χ2n) is 8.49. The molecule has 2 amide bonds. The van der Waals surface area contributed by atoms with Crippen LogP contribution in [0.15, 0.2) is 60.8 Å². The molecule has 4 rings (SSSR count). The Hall–Kier alpha value is -3.41. The summed E-state index contributed by atoms with van der Waals surface area (Å²) >= 11 is 0. The molecule has 1 aliphatic rings. The van der Waals surface area contributed by atoms with Crippen LogP contribution in [0.5, 0.6) is 11.5 Å². The lowest BCUT2D eigenvalue weighted by Gasteiger charge is -2.31. The van der Waals surface area contributed by atoms with Gasteiger partial charge in [0.1, 0.15) is 0 Å². The molecule has 0 bridgehead atoms. The van der Waals surface area contributed by atoms with Crippen molar-refractivity contribution in [1.82, 2.24) is 14.8 Å². The number of ether oxygens (including phenoxy) is 2. The van der Waals surface area contributed by atoms with Crippen LogP contribution in [0.4, 0.5) is 4.79 Å². The Labute approximate surface area is 189 Å². The monoisotopic (exact) mass is 433 g/mol. The van der Waals surface area contributed by atoms with Crippen LogP contribution in [0, 0.1) is 5.92 Å². The summed E-state index contributed by atoms with van der Waals surface area (Å²) in [7, 11) is 3.25. The molecular formula is C26H31N3O3. The molecule has 1 aliphatic heterocycles. The van der Waals surface area contributed by atoms with Gasteiger partial charge in [0.25, 0.3) is 0 Å². The zero-order valence-electron chi connectivity index (χ0n) is 19.2. The van der Waals surface area contributed by atoms with Crippen LogP contribution in [0.1, 0.15) is 43.1 Å². The summed E-state index contributed by atoms with van der Waals surface area (Å²) in [4.78, 5) is 15.4. The number of benzene rings is 2. The third-order valence-electron chi connectivity index (χ3n) is 5.95. The molecule has 1 N–H and O–H groups in total. The molecule has 32 heavy (non-hydrogen) atoms. The predicted octanol–water partition coefficient (Wildman–Crippen LogP) is 5.16. The summed E-state index contributed by atoms with van der Waals surface area (Å²) in [6.07, 6.45) is 3.00. The van der Waals surface area contributed by atoms with Crippen molar-refractivity contribution in [3.63, 3.8) is 0 Å². The van der Waals surface area contributed by atoms with Crippen LogP contribution in [0.25, 0.3) is 5.69 Å². The Morgan fingerprint density at radius 1 is 1.06 bits per heavy atom. The van der Waals surface area contributed by atoms with E-state index in [-0.39, 0.29) is 12.1 Å². The van der Waals surface area contributed by atoms with E-state index in [1.54, 1.807) is 14.2 Å². The molecule has 2 aromatic carbocycles. The average Bonchev–Trinajstić information content (AvgIpc) is 3.22. The van der Waals surface area contributed by atoms with E-state index in [0.717, 1.165) is 28.9 Å². The summed E-state index contributed by atoms with van der Waals surface area (Å²) in [6.45, 7) is 5.47. The normalized spacial score (nSPS) is 15.0. The maximum Gasteiger partial charge on any atom is 0.318 e. The number of hydrogen-bond donors (Lipinski definition) is 1. The molecule has 1 aromatic heterocycles. The zero-order chi connectivity index (χ0) is 22.7. The van der Waals surface area contributed by atoms with Crippen molar-refractivity contribution in [3.05, 3.63) is 77.6 Å². The molecule has 3 aromatic rings. The number of methoxy groups -OCH3 is 2. The van der Waals surface area contributed by atoms with Crippen LogP contribution < -0.4 is 14.8 Å². The molecule has 2 heterocycles. The molecule has 0 aliphatic carbocycles. The molecule has 0 spiro atoms. The lowest BCUT2D eigenvalue weighted by atomic mass is 10.0. The van der Waals surface area contributed by atoms with Gasteiger partial charge in [0.05, 0.1) is 32.5 Å². The Balaban J connectivity index is 1.81. The summed E-state index contributed by atoms with van der Waals surface area (Å²) in [6, 6.07) is 17.9. The van der Waals surface area contributed by atoms with Crippen LogP contribution in [0.2, 0.25) is 0 Å². The quantitative estimate of drug-likeness (QED) is 0.585. The van der Waals surface area contributed by atoms with E-state index in [2.05, 4.69) is 48.1 Å². The highest BCUT2D eigenvalue weighted by molar-refractivity contribution is 5.76. The van der Waals surface area contributed by atoms with E-state index in [0.29, 0.717) is 30.5 Å². The number of aromatic nitrogens is 1. The minimum absolute atomic E-state index is 0.0742. The molecule has 0 saturated carbocycles. The molecule has 0 saturated heterocycles. The van der Waals surface area contributed by atoms with Gasteiger partial charge in [0, 0.05) is 18.4 Å². The molecule has 1 atom stereocenters. The maximum atomic E-state index is 13.5. The van der Waals surface area contributed by atoms with Gasteiger partial charge in [-0.25, -0.2) is 4.79 Å². The molecule has 168 valence electrons. The van der Waals surface area contributed by atoms with Crippen molar-refractivity contribution in [1.29, 1.82) is 0 Å². The third-order valence-corrected chi connectivity index (χ3v) is 5.95.